The summed E-state index contributed by atoms with van der Waals surface area (Å²) in [5.74, 6) is 6.07. The first kappa shape index (κ1) is 32.8. The lowest BCUT2D eigenvalue weighted by atomic mass is 9.59. The minimum absolute atomic E-state index is 0.517. The molecule has 4 aliphatic carbocycles. The Bertz CT molecular complexity index is 1060. The zero-order chi connectivity index (χ0) is 29.9. The molecule has 0 bridgehead atoms. The van der Waals surface area contributed by atoms with E-state index in [0.717, 1.165) is 31.1 Å². The highest BCUT2D eigenvalue weighted by Gasteiger charge is 2.41. The molecule has 0 amide bonds. The Hall–Kier alpha value is -2.08. The predicted molar refractivity (Wildman–Crippen MR) is 186 cm³/mol. The predicted octanol–water partition coefficient (Wildman–Crippen LogP) is 12.6. The summed E-state index contributed by atoms with van der Waals surface area (Å²) < 4.78 is 0. The maximum absolute atomic E-state index is 4.68. The Morgan fingerprint density at radius 3 is 2.21 bits per heavy atom. The van der Waals surface area contributed by atoms with E-state index in [9.17, 15) is 0 Å². The van der Waals surface area contributed by atoms with Crippen LogP contribution in [0.1, 0.15) is 111 Å². The van der Waals surface area contributed by atoms with Crippen LogP contribution >= 0.6 is 0 Å². The molecule has 0 aromatic rings. The van der Waals surface area contributed by atoms with Gasteiger partial charge in [0.2, 0.25) is 0 Å². The van der Waals surface area contributed by atoms with Crippen molar-refractivity contribution in [2.75, 3.05) is 0 Å². The molecule has 1 saturated carbocycles. The summed E-state index contributed by atoms with van der Waals surface area (Å²) >= 11 is 0. The van der Waals surface area contributed by atoms with Crippen molar-refractivity contribution >= 4 is 0 Å². The van der Waals surface area contributed by atoms with Gasteiger partial charge in [-0.1, -0.05) is 125 Å². The Morgan fingerprint density at radius 2 is 1.50 bits per heavy atom. The highest BCUT2D eigenvalue weighted by molar-refractivity contribution is 5.28. The number of fused-ring (bicyclic) bond motifs is 1. The van der Waals surface area contributed by atoms with Crippen molar-refractivity contribution in [3.8, 4) is 0 Å². The fraction of sp³-hybridized carbons (Fsp3) is 0.619. The fourth-order valence-electron chi connectivity index (χ4n) is 8.60. The first-order valence-electron chi connectivity index (χ1n) is 17.9. The Morgan fingerprint density at radius 1 is 0.810 bits per heavy atom. The van der Waals surface area contributed by atoms with E-state index in [1.54, 1.807) is 0 Å². The Balaban J connectivity index is 1.44. The molecule has 0 aromatic carbocycles. The fourth-order valence-corrected chi connectivity index (χ4v) is 8.60. The molecule has 9 unspecified atom stereocenters. The lowest BCUT2D eigenvalue weighted by Gasteiger charge is -2.46. The first-order chi connectivity index (χ1) is 20.4. The van der Waals surface area contributed by atoms with E-state index >= 15 is 0 Å². The normalized spacial score (nSPS) is 35.4. The average molecular weight is 567 g/mol. The van der Waals surface area contributed by atoms with Crippen LogP contribution in [0, 0.1) is 53.3 Å². The molecule has 0 heterocycles. The van der Waals surface area contributed by atoms with E-state index in [-0.39, 0.29) is 0 Å². The molecular weight excluding hydrogens is 504 g/mol. The van der Waals surface area contributed by atoms with E-state index in [4.69, 9.17) is 0 Å². The van der Waals surface area contributed by atoms with Crippen molar-refractivity contribution in [2.24, 2.45) is 53.3 Å². The average Bonchev–Trinajstić information content (AvgIpc) is 3.03. The molecule has 4 rings (SSSR count). The lowest BCUT2D eigenvalue weighted by molar-refractivity contribution is 0.117. The molecule has 230 valence electrons. The molecule has 0 spiro atoms. The third-order valence-electron chi connectivity index (χ3n) is 11.4. The second-order valence-corrected chi connectivity index (χ2v) is 14.1. The third-order valence-corrected chi connectivity index (χ3v) is 11.4. The van der Waals surface area contributed by atoms with Crippen LogP contribution in [0.25, 0.3) is 0 Å². The topological polar surface area (TPSA) is 0 Å². The van der Waals surface area contributed by atoms with Crippen LogP contribution in [-0.4, -0.2) is 0 Å². The summed E-state index contributed by atoms with van der Waals surface area (Å²) in [6.45, 7) is 18.2. The van der Waals surface area contributed by atoms with Gasteiger partial charge in [0.05, 0.1) is 0 Å². The van der Waals surface area contributed by atoms with Gasteiger partial charge in [-0.2, -0.15) is 0 Å². The van der Waals surface area contributed by atoms with Gasteiger partial charge in [0.15, 0.2) is 0 Å². The van der Waals surface area contributed by atoms with Crippen molar-refractivity contribution < 1.29 is 0 Å². The van der Waals surface area contributed by atoms with Crippen LogP contribution < -0.4 is 0 Å². The number of hydrogen-bond acceptors (Lipinski definition) is 0. The summed E-state index contributed by atoms with van der Waals surface area (Å²) in [6.07, 6.45) is 44.0. The molecule has 0 nitrogen and oxygen atoms in total. The van der Waals surface area contributed by atoms with Crippen molar-refractivity contribution in [3.63, 3.8) is 0 Å². The first-order valence-corrected chi connectivity index (χ1v) is 17.9. The number of hydrogen-bond donors (Lipinski definition) is 0. The monoisotopic (exact) mass is 566 g/mol. The van der Waals surface area contributed by atoms with Gasteiger partial charge in [-0.15, -0.1) is 0 Å². The van der Waals surface area contributed by atoms with Crippen LogP contribution in [0.4, 0.5) is 0 Å². The second kappa shape index (κ2) is 16.7. The van der Waals surface area contributed by atoms with Gasteiger partial charge >= 0.3 is 0 Å². The zero-order valence-corrected chi connectivity index (χ0v) is 27.7. The summed E-state index contributed by atoms with van der Waals surface area (Å²) in [6, 6.07) is 0. The van der Waals surface area contributed by atoms with Gasteiger partial charge in [-0.05, 0) is 130 Å². The number of allylic oxidation sites excluding steroid dienone is 14. The van der Waals surface area contributed by atoms with E-state index in [0.29, 0.717) is 41.4 Å². The molecule has 0 radical (unpaired) electrons. The SMILES string of the molecule is C=C1/C=C\C(C2C=CC(C3C=CC(C(=C)/C=C\C(CC)C(/C=C(/C)CC)CC)C4CCCCC34)CC2)CC/C=C\CC1. The van der Waals surface area contributed by atoms with Gasteiger partial charge in [0.1, 0.15) is 0 Å². The molecule has 0 heteroatoms. The highest BCUT2D eigenvalue weighted by atomic mass is 14.5. The van der Waals surface area contributed by atoms with E-state index in [1.165, 1.54) is 80.9 Å². The maximum Gasteiger partial charge on any atom is 0.00432 e. The smallest absolute Gasteiger partial charge is 0.00432 e. The molecule has 1 fully saturated rings. The van der Waals surface area contributed by atoms with E-state index in [2.05, 4.69) is 108 Å². The molecule has 0 aliphatic heterocycles. The van der Waals surface area contributed by atoms with Gasteiger partial charge in [0.25, 0.3) is 0 Å². The molecule has 9 atom stereocenters. The van der Waals surface area contributed by atoms with Gasteiger partial charge < -0.3 is 0 Å². The maximum atomic E-state index is 4.68. The van der Waals surface area contributed by atoms with Crippen LogP contribution in [-0.2, 0) is 0 Å². The van der Waals surface area contributed by atoms with Crippen molar-refractivity contribution in [1.82, 2.24) is 0 Å². The molecule has 42 heavy (non-hydrogen) atoms. The van der Waals surface area contributed by atoms with Gasteiger partial charge in [-0.25, -0.2) is 0 Å². The molecule has 4 aliphatic rings. The third kappa shape index (κ3) is 8.74. The molecule has 0 aromatic heterocycles. The molecule has 0 N–H and O–H groups in total. The minimum Gasteiger partial charge on any atom is -0.0958 e. The van der Waals surface area contributed by atoms with Crippen molar-refractivity contribution in [1.29, 1.82) is 0 Å². The van der Waals surface area contributed by atoms with E-state index in [1.807, 2.05) is 0 Å². The van der Waals surface area contributed by atoms with E-state index < -0.39 is 0 Å². The van der Waals surface area contributed by atoms with Gasteiger partial charge in [0, 0.05) is 5.92 Å². The standard InChI is InChI=1S/C42H62/c1-7-31(4)30-35(9-3)34(8-2)23-21-33(6)39-28-29-40(42-19-15-14-18-41(39)42)38-26-24-37(25-27-38)36-17-13-11-10-12-16-32(5)20-22-36/h10-11,20-24,26,28-30,34-42H,5-9,12-19,25,27H2,1-4H3/b11-10-,22-20-,23-21-,31-30-. The van der Waals surface area contributed by atoms with Crippen LogP contribution in [0.5, 0.6) is 0 Å². The molecule has 0 saturated heterocycles. The van der Waals surface area contributed by atoms with Crippen molar-refractivity contribution in [2.45, 2.75) is 111 Å². The Kier molecular flexibility index (Phi) is 13.0. The highest BCUT2D eigenvalue weighted by Crippen LogP contribution is 2.50. The van der Waals surface area contributed by atoms with Crippen LogP contribution in [0.15, 0.2) is 96.7 Å². The summed E-state index contributed by atoms with van der Waals surface area (Å²) in [5, 5.41) is 0. The minimum atomic E-state index is 0.517. The zero-order valence-electron chi connectivity index (χ0n) is 27.7. The summed E-state index contributed by atoms with van der Waals surface area (Å²) in [5.41, 5.74) is 4.16. The van der Waals surface area contributed by atoms with Crippen LogP contribution in [0.3, 0.4) is 0 Å². The Labute approximate surface area is 260 Å². The largest absolute Gasteiger partial charge is 0.0958 e. The summed E-state index contributed by atoms with van der Waals surface area (Å²) in [7, 11) is 0. The van der Waals surface area contributed by atoms with Crippen LogP contribution in [0.2, 0.25) is 0 Å². The second-order valence-electron chi connectivity index (χ2n) is 14.1. The summed E-state index contributed by atoms with van der Waals surface area (Å²) in [4.78, 5) is 0. The van der Waals surface area contributed by atoms with Gasteiger partial charge in [-0.3, -0.25) is 0 Å². The molecular formula is C42H62. The lowest BCUT2D eigenvalue weighted by Crippen LogP contribution is -2.38. The van der Waals surface area contributed by atoms with Crippen molar-refractivity contribution in [3.05, 3.63) is 96.7 Å². The number of rotatable bonds is 10. The quantitative estimate of drug-likeness (QED) is 0.182.